The lowest BCUT2D eigenvalue weighted by Gasteiger charge is -2.25. The highest BCUT2D eigenvalue weighted by atomic mass is 35.5. The van der Waals surface area contributed by atoms with Crippen LogP contribution in [0.2, 0.25) is 0 Å². The second-order valence-corrected chi connectivity index (χ2v) is 7.01. The fourth-order valence-electron chi connectivity index (χ4n) is 3.79. The molecule has 27 heavy (non-hydrogen) atoms. The normalized spacial score (nSPS) is 20.7. The molecular formula is C18H30ClN5O3. The third kappa shape index (κ3) is 5.67. The summed E-state index contributed by atoms with van der Waals surface area (Å²) in [5.74, 6) is 0.478. The van der Waals surface area contributed by atoms with Gasteiger partial charge in [0.25, 0.3) is 0 Å². The molecule has 152 valence electrons. The Balaban J connectivity index is 0.00000261. The zero-order valence-electron chi connectivity index (χ0n) is 15.9. The average molecular weight is 400 g/mol. The molecule has 3 heterocycles. The highest BCUT2D eigenvalue weighted by molar-refractivity contribution is 5.85. The van der Waals surface area contributed by atoms with E-state index in [1.807, 2.05) is 15.6 Å². The first kappa shape index (κ1) is 21.7. The molecule has 2 saturated heterocycles. The van der Waals surface area contributed by atoms with E-state index in [1.54, 1.807) is 11.1 Å². The summed E-state index contributed by atoms with van der Waals surface area (Å²) < 4.78 is 6.77. The number of hydrogen-bond donors (Lipinski definition) is 1. The van der Waals surface area contributed by atoms with Crippen LogP contribution in [-0.4, -0.2) is 84.4 Å². The summed E-state index contributed by atoms with van der Waals surface area (Å²) in [4.78, 5) is 28.4. The van der Waals surface area contributed by atoms with E-state index in [4.69, 9.17) is 4.74 Å². The Labute approximate surface area is 166 Å². The molecule has 0 spiro atoms. The van der Waals surface area contributed by atoms with Crippen molar-refractivity contribution in [3.63, 3.8) is 0 Å². The summed E-state index contributed by atoms with van der Waals surface area (Å²) in [5, 5.41) is 7.79. The molecule has 1 aromatic rings. The first-order valence-electron chi connectivity index (χ1n) is 9.46. The third-order valence-corrected chi connectivity index (χ3v) is 5.22. The summed E-state index contributed by atoms with van der Waals surface area (Å²) in [6, 6.07) is 2.03. The van der Waals surface area contributed by atoms with E-state index >= 15 is 0 Å². The number of piperidine rings is 1. The minimum atomic E-state index is -0.0130. The zero-order chi connectivity index (χ0) is 18.4. The van der Waals surface area contributed by atoms with Gasteiger partial charge in [-0.2, -0.15) is 5.10 Å². The molecular weight excluding hydrogens is 370 g/mol. The Morgan fingerprint density at radius 3 is 2.59 bits per heavy atom. The van der Waals surface area contributed by atoms with E-state index < -0.39 is 0 Å². The van der Waals surface area contributed by atoms with Crippen molar-refractivity contribution >= 4 is 24.2 Å². The van der Waals surface area contributed by atoms with Crippen molar-refractivity contribution in [3.8, 4) is 0 Å². The van der Waals surface area contributed by atoms with Crippen molar-refractivity contribution in [1.29, 1.82) is 0 Å². The van der Waals surface area contributed by atoms with E-state index in [9.17, 15) is 9.59 Å². The maximum absolute atomic E-state index is 12.8. The van der Waals surface area contributed by atoms with E-state index in [1.165, 1.54) is 7.11 Å². The van der Waals surface area contributed by atoms with Gasteiger partial charge in [-0.1, -0.05) is 0 Å². The van der Waals surface area contributed by atoms with Crippen molar-refractivity contribution in [2.75, 3.05) is 53.0 Å². The van der Waals surface area contributed by atoms with Crippen LogP contribution in [0.3, 0.4) is 0 Å². The van der Waals surface area contributed by atoms with Gasteiger partial charge in [-0.25, -0.2) is 0 Å². The van der Waals surface area contributed by atoms with Crippen LogP contribution in [-0.2, 0) is 20.9 Å². The molecule has 0 radical (unpaired) electrons. The van der Waals surface area contributed by atoms with Gasteiger partial charge >= 0.3 is 0 Å². The molecule has 0 saturated carbocycles. The summed E-state index contributed by atoms with van der Waals surface area (Å²) in [5.41, 5.74) is 1.14. The lowest BCUT2D eigenvalue weighted by atomic mass is 9.96. The van der Waals surface area contributed by atoms with E-state index in [2.05, 4.69) is 10.4 Å². The van der Waals surface area contributed by atoms with Crippen molar-refractivity contribution in [1.82, 2.24) is 24.9 Å². The molecule has 3 rings (SSSR count). The maximum Gasteiger partial charge on any atom is 0.248 e. The maximum atomic E-state index is 12.8. The molecule has 1 N–H and O–H groups in total. The van der Waals surface area contributed by atoms with Gasteiger partial charge in [0, 0.05) is 57.6 Å². The number of rotatable bonds is 5. The molecule has 1 aromatic heterocycles. The van der Waals surface area contributed by atoms with Gasteiger partial charge < -0.3 is 19.9 Å². The van der Waals surface area contributed by atoms with Crippen LogP contribution in [0, 0.1) is 0 Å². The number of amides is 2. The first-order chi connectivity index (χ1) is 12.7. The number of nitrogens with one attached hydrogen (secondary N) is 1. The molecule has 2 aliphatic heterocycles. The molecule has 0 bridgehead atoms. The molecule has 0 aromatic carbocycles. The second kappa shape index (κ2) is 10.6. The number of methoxy groups -OCH3 is 1. The van der Waals surface area contributed by atoms with E-state index in [-0.39, 0.29) is 37.4 Å². The Kier molecular flexibility index (Phi) is 8.53. The molecule has 2 amide bonds. The Bertz CT molecular complexity index is 618. The molecule has 0 aliphatic carbocycles. The third-order valence-electron chi connectivity index (χ3n) is 5.22. The number of halogens is 1. The fraction of sp³-hybridized carbons (Fsp3) is 0.722. The van der Waals surface area contributed by atoms with Gasteiger partial charge in [-0.15, -0.1) is 12.4 Å². The Morgan fingerprint density at radius 1 is 1.19 bits per heavy atom. The van der Waals surface area contributed by atoms with Crippen molar-refractivity contribution in [2.24, 2.45) is 0 Å². The quantitative estimate of drug-likeness (QED) is 0.779. The first-order valence-corrected chi connectivity index (χ1v) is 9.46. The minimum Gasteiger partial charge on any atom is -0.375 e. The van der Waals surface area contributed by atoms with Crippen LogP contribution < -0.4 is 5.32 Å². The standard InChI is InChI=1S/C18H29N5O3.ClH/c1-26-14-18(25)22-9-3-8-21(10-11-22)17(24)13-23-16(5-7-20-23)15-4-2-6-19-12-15;/h5,7,15,19H,2-4,6,8-14H2,1H3;1H. The van der Waals surface area contributed by atoms with E-state index in [0.717, 1.165) is 38.0 Å². The number of nitrogens with zero attached hydrogens (tertiary/aromatic N) is 4. The smallest absolute Gasteiger partial charge is 0.248 e. The fourth-order valence-corrected chi connectivity index (χ4v) is 3.79. The van der Waals surface area contributed by atoms with Crippen LogP contribution in [0.25, 0.3) is 0 Å². The number of carbonyl (C=O) groups excluding carboxylic acids is 2. The number of aromatic nitrogens is 2. The summed E-state index contributed by atoms with van der Waals surface area (Å²) >= 11 is 0. The molecule has 2 fully saturated rings. The van der Waals surface area contributed by atoms with Gasteiger partial charge in [-0.05, 0) is 31.9 Å². The monoisotopic (exact) mass is 399 g/mol. The van der Waals surface area contributed by atoms with Crippen molar-refractivity contribution in [3.05, 3.63) is 18.0 Å². The number of carbonyl (C=O) groups is 2. The molecule has 2 aliphatic rings. The average Bonchev–Trinajstić information content (AvgIpc) is 2.96. The topological polar surface area (TPSA) is 79.7 Å². The predicted molar refractivity (Wildman–Crippen MR) is 104 cm³/mol. The molecule has 1 unspecified atom stereocenters. The number of hydrogen-bond acceptors (Lipinski definition) is 5. The van der Waals surface area contributed by atoms with Gasteiger partial charge in [0.15, 0.2) is 0 Å². The Hall–Kier alpha value is -1.64. The molecule has 9 heteroatoms. The van der Waals surface area contributed by atoms with Crippen molar-refractivity contribution in [2.45, 2.75) is 31.7 Å². The lowest BCUT2D eigenvalue weighted by molar-refractivity contribution is -0.136. The van der Waals surface area contributed by atoms with Crippen LogP contribution >= 0.6 is 12.4 Å². The summed E-state index contributed by atoms with van der Waals surface area (Å²) in [7, 11) is 1.52. The molecule has 8 nitrogen and oxygen atoms in total. The SMILES string of the molecule is COCC(=O)N1CCCN(C(=O)Cn2nccc2C2CCCNC2)CC1.Cl. The van der Waals surface area contributed by atoms with Crippen LogP contribution in [0.5, 0.6) is 0 Å². The highest BCUT2D eigenvalue weighted by Crippen LogP contribution is 2.22. The van der Waals surface area contributed by atoms with E-state index in [0.29, 0.717) is 32.1 Å². The van der Waals surface area contributed by atoms with Crippen molar-refractivity contribution < 1.29 is 14.3 Å². The van der Waals surface area contributed by atoms with Gasteiger partial charge in [0.2, 0.25) is 11.8 Å². The number of ether oxygens (including phenoxy) is 1. The van der Waals surface area contributed by atoms with Crippen LogP contribution in [0.1, 0.15) is 30.9 Å². The zero-order valence-corrected chi connectivity index (χ0v) is 16.7. The minimum absolute atomic E-state index is 0. The predicted octanol–water partition coefficient (Wildman–Crippen LogP) is 0.479. The summed E-state index contributed by atoms with van der Waals surface area (Å²) in [6.45, 7) is 4.85. The lowest BCUT2D eigenvalue weighted by Crippen LogP contribution is -2.40. The Morgan fingerprint density at radius 2 is 1.93 bits per heavy atom. The van der Waals surface area contributed by atoms with Gasteiger partial charge in [0.1, 0.15) is 13.2 Å². The second-order valence-electron chi connectivity index (χ2n) is 7.01. The highest BCUT2D eigenvalue weighted by Gasteiger charge is 2.24. The van der Waals surface area contributed by atoms with Gasteiger partial charge in [0.05, 0.1) is 0 Å². The van der Waals surface area contributed by atoms with Gasteiger partial charge in [-0.3, -0.25) is 14.3 Å². The molecule has 1 atom stereocenters. The summed E-state index contributed by atoms with van der Waals surface area (Å²) in [6.07, 6.45) is 4.86. The largest absolute Gasteiger partial charge is 0.375 e. The van der Waals surface area contributed by atoms with Crippen LogP contribution in [0.15, 0.2) is 12.3 Å². The van der Waals surface area contributed by atoms with Crippen LogP contribution in [0.4, 0.5) is 0 Å².